The highest BCUT2D eigenvalue weighted by Crippen LogP contribution is 2.37. The van der Waals surface area contributed by atoms with Crippen LogP contribution in [0, 0.1) is 17.8 Å². The topological polar surface area (TPSA) is 26.3 Å². The number of hydrogen-bond donors (Lipinski definition) is 0. The summed E-state index contributed by atoms with van der Waals surface area (Å²) in [5.41, 5.74) is 0. The molecule has 2 rings (SSSR count). The van der Waals surface area contributed by atoms with Crippen molar-refractivity contribution in [2.75, 3.05) is 0 Å². The van der Waals surface area contributed by atoms with Crippen LogP contribution < -0.4 is 0 Å². The molecule has 0 heterocycles. The van der Waals surface area contributed by atoms with Gasteiger partial charge in [0.15, 0.2) is 0 Å². The van der Waals surface area contributed by atoms with Gasteiger partial charge in [-0.25, -0.2) is 0 Å². The Morgan fingerprint density at radius 1 is 0.720 bits per heavy atom. The molecule has 2 aliphatic carbocycles. The quantitative estimate of drug-likeness (QED) is 0.311. The summed E-state index contributed by atoms with van der Waals surface area (Å²) in [6.45, 7) is 3.83. The monoisotopic (exact) mass is 350 g/mol. The smallest absolute Gasteiger partial charge is 0.302 e. The van der Waals surface area contributed by atoms with Crippen LogP contribution in [0.1, 0.15) is 117 Å². The summed E-state index contributed by atoms with van der Waals surface area (Å²) < 4.78 is 5.36. The van der Waals surface area contributed by atoms with Gasteiger partial charge in [0, 0.05) is 6.92 Å². The molecule has 146 valence electrons. The van der Waals surface area contributed by atoms with Crippen LogP contribution >= 0.6 is 0 Å². The Labute approximate surface area is 156 Å². The molecule has 2 nitrogen and oxygen atoms in total. The molecule has 0 atom stereocenters. The Morgan fingerprint density at radius 2 is 1.20 bits per heavy atom. The molecule has 2 heteroatoms. The van der Waals surface area contributed by atoms with Gasteiger partial charge in [-0.05, 0) is 43.4 Å². The SMILES string of the molecule is CCCCCCCC1CCC(CCC2CCC(OC(C)=O)CC2)CC1. The molecule has 0 bridgehead atoms. The summed E-state index contributed by atoms with van der Waals surface area (Å²) in [6, 6.07) is 0. The summed E-state index contributed by atoms with van der Waals surface area (Å²) in [6.07, 6.45) is 22.4. The lowest BCUT2D eigenvalue weighted by atomic mass is 9.76. The second-order valence-corrected chi connectivity index (χ2v) is 8.92. The molecular formula is C23H42O2. The van der Waals surface area contributed by atoms with Crippen LogP contribution in [0.15, 0.2) is 0 Å². The lowest BCUT2D eigenvalue weighted by Gasteiger charge is -2.31. The first-order valence-electron chi connectivity index (χ1n) is 11.3. The number of unbranched alkanes of at least 4 members (excludes halogenated alkanes) is 4. The average molecular weight is 351 g/mol. The van der Waals surface area contributed by atoms with Gasteiger partial charge in [-0.3, -0.25) is 4.79 Å². The van der Waals surface area contributed by atoms with E-state index in [1.165, 1.54) is 96.8 Å². The van der Waals surface area contributed by atoms with Gasteiger partial charge in [0.25, 0.3) is 0 Å². The van der Waals surface area contributed by atoms with Crippen molar-refractivity contribution >= 4 is 5.97 Å². The fourth-order valence-electron chi connectivity index (χ4n) is 5.09. The van der Waals surface area contributed by atoms with E-state index in [1.54, 1.807) is 0 Å². The van der Waals surface area contributed by atoms with E-state index in [4.69, 9.17) is 4.74 Å². The number of carbonyl (C=O) groups excluding carboxylic acids is 1. The molecule has 0 aliphatic heterocycles. The zero-order valence-corrected chi connectivity index (χ0v) is 16.9. The third-order valence-corrected chi connectivity index (χ3v) is 6.79. The minimum absolute atomic E-state index is 0.106. The predicted molar refractivity (Wildman–Crippen MR) is 106 cm³/mol. The fraction of sp³-hybridized carbons (Fsp3) is 0.957. The third-order valence-electron chi connectivity index (χ3n) is 6.79. The maximum absolute atomic E-state index is 11.0. The van der Waals surface area contributed by atoms with E-state index in [0.29, 0.717) is 0 Å². The molecule has 2 fully saturated rings. The minimum Gasteiger partial charge on any atom is -0.463 e. The van der Waals surface area contributed by atoms with Crippen LogP contribution in [0.4, 0.5) is 0 Å². The third kappa shape index (κ3) is 8.60. The fourth-order valence-corrected chi connectivity index (χ4v) is 5.09. The zero-order chi connectivity index (χ0) is 17.9. The molecule has 0 radical (unpaired) electrons. The molecule has 0 aromatic rings. The lowest BCUT2D eigenvalue weighted by Crippen LogP contribution is -2.24. The highest BCUT2D eigenvalue weighted by molar-refractivity contribution is 5.66. The minimum atomic E-state index is -0.106. The highest BCUT2D eigenvalue weighted by Gasteiger charge is 2.25. The second-order valence-electron chi connectivity index (χ2n) is 8.92. The predicted octanol–water partition coefficient (Wildman–Crippen LogP) is 7.06. The molecule has 0 aromatic heterocycles. The van der Waals surface area contributed by atoms with E-state index >= 15 is 0 Å². The van der Waals surface area contributed by atoms with Crippen molar-refractivity contribution in [1.29, 1.82) is 0 Å². The Hall–Kier alpha value is -0.530. The summed E-state index contributed by atoms with van der Waals surface area (Å²) in [7, 11) is 0. The van der Waals surface area contributed by atoms with Gasteiger partial charge in [0.2, 0.25) is 0 Å². The van der Waals surface area contributed by atoms with Crippen LogP contribution in [0.5, 0.6) is 0 Å². The van der Waals surface area contributed by atoms with Gasteiger partial charge in [0.05, 0.1) is 0 Å². The largest absolute Gasteiger partial charge is 0.463 e. The van der Waals surface area contributed by atoms with Gasteiger partial charge >= 0.3 is 5.97 Å². The molecular weight excluding hydrogens is 308 g/mol. The summed E-state index contributed by atoms with van der Waals surface area (Å²) >= 11 is 0. The zero-order valence-electron chi connectivity index (χ0n) is 16.9. The van der Waals surface area contributed by atoms with Gasteiger partial charge < -0.3 is 4.74 Å². The maximum atomic E-state index is 11.0. The number of carbonyl (C=O) groups is 1. The standard InChI is InChI=1S/C23H42O2/c1-3-4-5-6-7-8-20-9-11-21(12-10-20)13-14-22-15-17-23(18-16-22)25-19(2)24/h20-23H,3-18H2,1-2H3. The normalized spacial score (nSPS) is 30.2. The number of rotatable bonds is 10. The van der Waals surface area contributed by atoms with E-state index in [2.05, 4.69) is 6.92 Å². The van der Waals surface area contributed by atoms with Crippen LogP contribution in [0.2, 0.25) is 0 Å². The van der Waals surface area contributed by atoms with Gasteiger partial charge in [-0.1, -0.05) is 84.0 Å². The van der Waals surface area contributed by atoms with Crippen LogP contribution in [-0.4, -0.2) is 12.1 Å². The summed E-state index contributed by atoms with van der Waals surface area (Å²) in [5.74, 6) is 2.83. The van der Waals surface area contributed by atoms with Crippen LogP contribution in [-0.2, 0) is 9.53 Å². The summed E-state index contributed by atoms with van der Waals surface area (Å²) in [5, 5.41) is 0. The molecule has 2 aliphatic rings. The number of esters is 1. The first kappa shape index (κ1) is 20.8. The van der Waals surface area contributed by atoms with Crippen molar-refractivity contribution in [1.82, 2.24) is 0 Å². The van der Waals surface area contributed by atoms with Crippen molar-refractivity contribution in [2.24, 2.45) is 17.8 Å². The number of hydrogen-bond acceptors (Lipinski definition) is 2. The molecule has 0 aromatic carbocycles. The van der Waals surface area contributed by atoms with Gasteiger partial charge in [-0.2, -0.15) is 0 Å². The molecule has 25 heavy (non-hydrogen) atoms. The van der Waals surface area contributed by atoms with E-state index in [-0.39, 0.29) is 12.1 Å². The van der Waals surface area contributed by atoms with Gasteiger partial charge in [0.1, 0.15) is 6.10 Å². The van der Waals surface area contributed by atoms with E-state index in [0.717, 1.165) is 30.6 Å². The Balaban J connectivity index is 1.49. The Morgan fingerprint density at radius 3 is 1.72 bits per heavy atom. The van der Waals surface area contributed by atoms with E-state index in [9.17, 15) is 4.79 Å². The van der Waals surface area contributed by atoms with E-state index < -0.39 is 0 Å². The van der Waals surface area contributed by atoms with Crippen LogP contribution in [0.25, 0.3) is 0 Å². The maximum Gasteiger partial charge on any atom is 0.302 e. The molecule has 2 saturated carbocycles. The van der Waals surface area contributed by atoms with Crippen molar-refractivity contribution in [2.45, 2.75) is 123 Å². The van der Waals surface area contributed by atoms with Gasteiger partial charge in [-0.15, -0.1) is 0 Å². The number of ether oxygens (including phenoxy) is 1. The lowest BCUT2D eigenvalue weighted by molar-refractivity contribution is -0.148. The van der Waals surface area contributed by atoms with Crippen LogP contribution in [0.3, 0.4) is 0 Å². The Bertz CT molecular complexity index is 349. The molecule has 0 N–H and O–H groups in total. The second kappa shape index (κ2) is 12.0. The molecule has 0 saturated heterocycles. The van der Waals surface area contributed by atoms with Crippen molar-refractivity contribution in [3.8, 4) is 0 Å². The van der Waals surface area contributed by atoms with E-state index in [1.807, 2.05) is 0 Å². The van der Waals surface area contributed by atoms with Crippen molar-refractivity contribution < 1.29 is 9.53 Å². The Kier molecular flexibility index (Phi) is 9.94. The summed E-state index contributed by atoms with van der Waals surface area (Å²) in [4.78, 5) is 11.0. The molecule has 0 amide bonds. The molecule has 0 unspecified atom stereocenters. The first-order valence-corrected chi connectivity index (χ1v) is 11.3. The van der Waals surface area contributed by atoms with Crippen molar-refractivity contribution in [3.63, 3.8) is 0 Å². The van der Waals surface area contributed by atoms with Crippen molar-refractivity contribution in [3.05, 3.63) is 0 Å². The first-order chi connectivity index (χ1) is 12.2. The average Bonchev–Trinajstić information content (AvgIpc) is 2.61. The molecule has 0 spiro atoms. The highest BCUT2D eigenvalue weighted by atomic mass is 16.5.